The van der Waals surface area contributed by atoms with Crippen molar-refractivity contribution in [2.75, 3.05) is 45.8 Å². The topological polar surface area (TPSA) is 91.0 Å². The first kappa shape index (κ1) is 24.0. The molecular formula is C29H33N5O3. The molecule has 3 aromatic rings. The van der Waals surface area contributed by atoms with Crippen LogP contribution < -0.4 is 5.32 Å². The van der Waals surface area contributed by atoms with Crippen molar-refractivity contribution < 1.29 is 9.21 Å². The first-order valence-corrected chi connectivity index (χ1v) is 13.4. The van der Waals surface area contributed by atoms with Gasteiger partial charge < -0.3 is 14.6 Å². The number of piperidine rings is 1. The Morgan fingerprint density at radius 3 is 2.54 bits per heavy atom. The van der Waals surface area contributed by atoms with E-state index in [-0.39, 0.29) is 17.9 Å². The van der Waals surface area contributed by atoms with Crippen molar-refractivity contribution in [3.63, 3.8) is 0 Å². The summed E-state index contributed by atoms with van der Waals surface area (Å²) in [5.41, 5.74) is 5.35. The second kappa shape index (κ2) is 10.6. The van der Waals surface area contributed by atoms with Crippen LogP contribution in [0.4, 0.5) is 0 Å². The first-order chi connectivity index (χ1) is 18.2. The highest BCUT2D eigenvalue weighted by Crippen LogP contribution is 2.42. The van der Waals surface area contributed by atoms with Crippen LogP contribution in [0.1, 0.15) is 48.1 Å². The molecule has 2 saturated heterocycles. The maximum absolute atomic E-state index is 12.9. The molecule has 0 radical (unpaired) electrons. The summed E-state index contributed by atoms with van der Waals surface area (Å²) in [5.74, 6) is 2.34. The molecular weight excluding hydrogens is 466 g/mol. The average Bonchev–Trinajstić information content (AvgIpc) is 3.58. The molecule has 1 unspecified atom stereocenters. The molecule has 0 spiro atoms. The van der Waals surface area contributed by atoms with Crippen molar-refractivity contribution >= 4 is 5.91 Å². The number of aromatic nitrogens is 1. The Labute approximate surface area is 217 Å². The molecule has 192 valence electrons. The minimum absolute atomic E-state index is 0.235. The fourth-order valence-corrected chi connectivity index (χ4v) is 5.99. The van der Waals surface area contributed by atoms with E-state index in [1.54, 1.807) is 12.4 Å². The number of likely N-dealkylation sites (tertiary alicyclic amines) is 1. The SMILES string of the molecule is O=NC1CCc2cc(-c3oc(C4CCN(C(=O)CN5CCNCC5)CC4)cc3-c3ccncc3)ccc21. The number of nitrogens with zero attached hydrogens (tertiary/aromatic N) is 4. The summed E-state index contributed by atoms with van der Waals surface area (Å²) in [6.07, 6.45) is 7.03. The molecule has 4 heterocycles. The monoisotopic (exact) mass is 499 g/mol. The summed E-state index contributed by atoms with van der Waals surface area (Å²) >= 11 is 0. The zero-order valence-corrected chi connectivity index (χ0v) is 21.1. The highest BCUT2D eigenvalue weighted by molar-refractivity contribution is 5.81. The van der Waals surface area contributed by atoms with E-state index >= 15 is 0 Å². The number of aryl methyl sites for hydroxylation is 1. The second-order valence-electron chi connectivity index (χ2n) is 10.4. The van der Waals surface area contributed by atoms with Gasteiger partial charge in [0.15, 0.2) is 0 Å². The van der Waals surface area contributed by atoms with Crippen molar-refractivity contribution in [2.45, 2.75) is 37.6 Å². The molecule has 3 aliphatic rings. The summed E-state index contributed by atoms with van der Waals surface area (Å²) in [7, 11) is 0. The molecule has 2 fully saturated rings. The summed E-state index contributed by atoms with van der Waals surface area (Å²) in [6.45, 7) is 5.81. The van der Waals surface area contributed by atoms with Gasteiger partial charge in [-0.15, -0.1) is 0 Å². The predicted octanol–water partition coefficient (Wildman–Crippen LogP) is 4.37. The van der Waals surface area contributed by atoms with Gasteiger partial charge in [-0.05, 0) is 66.6 Å². The van der Waals surface area contributed by atoms with E-state index in [1.807, 2.05) is 29.2 Å². The zero-order chi connectivity index (χ0) is 25.2. The van der Waals surface area contributed by atoms with Crippen LogP contribution in [0.25, 0.3) is 22.5 Å². The smallest absolute Gasteiger partial charge is 0.236 e. The summed E-state index contributed by atoms with van der Waals surface area (Å²) in [4.78, 5) is 32.5. The fourth-order valence-electron chi connectivity index (χ4n) is 5.99. The number of hydrogen-bond donors (Lipinski definition) is 1. The lowest BCUT2D eigenvalue weighted by Crippen LogP contribution is -2.49. The van der Waals surface area contributed by atoms with E-state index in [2.05, 4.69) is 32.5 Å². The number of rotatable bonds is 6. The summed E-state index contributed by atoms with van der Waals surface area (Å²) in [6, 6.07) is 12.2. The maximum Gasteiger partial charge on any atom is 0.236 e. The molecule has 8 heteroatoms. The number of amides is 1. The normalized spacial score (nSPS) is 20.6. The molecule has 1 aliphatic carbocycles. The van der Waals surface area contributed by atoms with E-state index in [0.29, 0.717) is 6.54 Å². The summed E-state index contributed by atoms with van der Waals surface area (Å²) < 4.78 is 6.60. The zero-order valence-electron chi connectivity index (χ0n) is 21.1. The van der Waals surface area contributed by atoms with Gasteiger partial charge in [0.2, 0.25) is 5.91 Å². The van der Waals surface area contributed by atoms with Crippen LogP contribution in [0.3, 0.4) is 0 Å². The van der Waals surface area contributed by atoms with E-state index in [9.17, 15) is 9.70 Å². The molecule has 0 bridgehead atoms. The molecule has 37 heavy (non-hydrogen) atoms. The van der Waals surface area contributed by atoms with Gasteiger partial charge in [0, 0.05) is 68.7 Å². The third kappa shape index (κ3) is 4.95. The third-order valence-electron chi connectivity index (χ3n) is 8.14. The molecule has 1 N–H and O–H groups in total. The second-order valence-corrected chi connectivity index (χ2v) is 10.4. The summed E-state index contributed by atoms with van der Waals surface area (Å²) in [5, 5.41) is 6.64. The number of carbonyl (C=O) groups is 1. The lowest BCUT2D eigenvalue weighted by molar-refractivity contribution is -0.133. The quantitative estimate of drug-likeness (QED) is 0.507. The third-order valence-corrected chi connectivity index (χ3v) is 8.14. The first-order valence-electron chi connectivity index (χ1n) is 13.4. The van der Waals surface area contributed by atoms with Gasteiger partial charge in [-0.1, -0.05) is 17.3 Å². The molecule has 1 atom stereocenters. The molecule has 2 aromatic heterocycles. The Morgan fingerprint density at radius 2 is 1.78 bits per heavy atom. The van der Waals surface area contributed by atoms with Crippen LogP contribution in [0.15, 0.2) is 58.4 Å². The number of carbonyl (C=O) groups excluding carboxylic acids is 1. The van der Waals surface area contributed by atoms with Crippen LogP contribution in [0.5, 0.6) is 0 Å². The predicted molar refractivity (Wildman–Crippen MR) is 142 cm³/mol. The molecule has 6 rings (SSSR count). The Kier molecular flexibility index (Phi) is 6.85. The minimum atomic E-state index is -0.240. The number of piperazine rings is 1. The van der Waals surface area contributed by atoms with E-state index in [4.69, 9.17) is 4.42 Å². The van der Waals surface area contributed by atoms with Crippen molar-refractivity contribution in [1.29, 1.82) is 0 Å². The Morgan fingerprint density at radius 1 is 1.00 bits per heavy atom. The highest BCUT2D eigenvalue weighted by Gasteiger charge is 2.29. The number of nitrogens with one attached hydrogen (secondary N) is 1. The number of pyridine rings is 1. The van der Waals surface area contributed by atoms with Gasteiger partial charge in [-0.3, -0.25) is 14.7 Å². The van der Waals surface area contributed by atoms with Gasteiger partial charge in [0.1, 0.15) is 17.6 Å². The standard InChI is InChI=1S/C29H33N5O3/c35-28(19-33-15-11-31-12-16-33)34-13-7-21(8-14-34)27-18-25(20-5-9-30-10-6-20)29(37-27)23-1-3-24-22(17-23)2-4-26(24)32-36/h1,3,5-6,9-10,17-18,21,26,31H,2,4,7-8,11-16,19H2. The molecule has 1 amide bonds. The maximum atomic E-state index is 12.9. The van der Waals surface area contributed by atoms with Crippen molar-refractivity contribution in [3.8, 4) is 22.5 Å². The largest absolute Gasteiger partial charge is 0.460 e. The lowest BCUT2D eigenvalue weighted by atomic mass is 9.93. The van der Waals surface area contributed by atoms with Crippen LogP contribution in [0, 0.1) is 4.91 Å². The lowest BCUT2D eigenvalue weighted by Gasteiger charge is -2.34. The number of furan rings is 1. The Hall–Kier alpha value is -3.36. The van der Waals surface area contributed by atoms with Crippen LogP contribution in [-0.4, -0.2) is 66.5 Å². The molecule has 1 aromatic carbocycles. The van der Waals surface area contributed by atoms with Gasteiger partial charge in [-0.25, -0.2) is 0 Å². The Balaban J connectivity index is 1.22. The fraction of sp³-hybridized carbons (Fsp3) is 0.448. The van der Waals surface area contributed by atoms with Gasteiger partial charge >= 0.3 is 0 Å². The molecule has 0 saturated carbocycles. The van der Waals surface area contributed by atoms with Crippen molar-refractivity contribution in [2.24, 2.45) is 5.18 Å². The van der Waals surface area contributed by atoms with Crippen molar-refractivity contribution in [1.82, 2.24) is 20.1 Å². The average molecular weight is 500 g/mol. The van der Waals surface area contributed by atoms with Crippen molar-refractivity contribution in [3.05, 3.63) is 70.6 Å². The Bertz CT molecular complexity index is 1260. The van der Waals surface area contributed by atoms with Gasteiger partial charge in [0.05, 0.1) is 6.54 Å². The van der Waals surface area contributed by atoms with Gasteiger partial charge in [-0.2, -0.15) is 4.91 Å². The molecule has 8 nitrogen and oxygen atoms in total. The van der Waals surface area contributed by atoms with Crippen LogP contribution in [-0.2, 0) is 11.2 Å². The van der Waals surface area contributed by atoms with E-state index < -0.39 is 0 Å². The van der Waals surface area contributed by atoms with Crippen LogP contribution >= 0.6 is 0 Å². The highest BCUT2D eigenvalue weighted by atomic mass is 16.3. The number of fused-ring (bicyclic) bond motifs is 1. The van der Waals surface area contributed by atoms with Crippen LogP contribution in [0.2, 0.25) is 0 Å². The van der Waals surface area contributed by atoms with E-state index in [0.717, 1.165) is 98.7 Å². The number of benzene rings is 1. The minimum Gasteiger partial charge on any atom is -0.460 e. The number of nitroso groups, excluding NO2 is 1. The van der Waals surface area contributed by atoms with Gasteiger partial charge in [0.25, 0.3) is 0 Å². The number of hydrogen-bond acceptors (Lipinski definition) is 7. The molecule has 2 aliphatic heterocycles. The van der Waals surface area contributed by atoms with E-state index in [1.165, 1.54) is 5.56 Å².